The van der Waals surface area contributed by atoms with Crippen LogP contribution >= 0.6 is 0 Å². The van der Waals surface area contributed by atoms with E-state index in [1.54, 1.807) is 0 Å². The third-order valence-electron chi connectivity index (χ3n) is 4.16. The summed E-state index contributed by atoms with van der Waals surface area (Å²) in [5, 5.41) is 3.59. The molecular weight excluding hydrogens is 248 g/mol. The van der Waals surface area contributed by atoms with Crippen molar-refractivity contribution in [3.8, 4) is 0 Å². The highest BCUT2D eigenvalue weighted by atomic mass is 15.1. The zero-order chi connectivity index (χ0) is 15.1. The molecule has 0 spiro atoms. The number of nitrogens with two attached hydrogens (primary N) is 1. The van der Waals surface area contributed by atoms with Crippen LogP contribution < -0.4 is 11.1 Å². The summed E-state index contributed by atoms with van der Waals surface area (Å²) in [6.45, 7) is 13.0. The first-order chi connectivity index (χ1) is 9.08. The van der Waals surface area contributed by atoms with Gasteiger partial charge in [-0.3, -0.25) is 0 Å². The van der Waals surface area contributed by atoms with Crippen molar-refractivity contribution < 1.29 is 0 Å². The minimum atomic E-state index is -0.0901. The predicted molar refractivity (Wildman–Crippen MR) is 84.9 cm³/mol. The van der Waals surface area contributed by atoms with Gasteiger partial charge in [0.05, 0.1) is 0 Å². The summed E-state index contributed by atoms with van der Waals surface area (Å²) in [7, 11) is 0. The quantitative estimate of drug-likeness (QED) is 0.865. The minimum Gasteiger partial charge on any atom is -0.383 e. The molecule has 4 heteroatoms. The lowest BCUT2D eigenvalue weighted by Crippen LogP contribution is -2.23. The lowest BCUT2D eigenvalue weighted by molar-refractivity contribution is 0.378. The van der Waals surface area contributed by atoms with Gasteiger partial charge in [-0.05, 0) is 31.6 Å². The first-order valence-corrected chi connectivity index (χ1v) is 7.50. The molecule has 1 aliphatic carbocycles. The van der Waals surface area contributed by atoms with Crippen LogP contribution in [0.4, 0.5) is 11.6 Å². The Balaban J connectivity index is 2.25. The van der Waals surface area contributed by atoms with Crippen molar-refractivity contribution in [1.82, 2.24) is 9.97 Å². The normalized spacial score (nSPS) is 22.0. The molecule has 1 aromatic rings. The van der Waals surface area contributed by atoms with Gasteiger partial charge in [-0.2, -0.15) is 0 Å². The number of aromatic nitrogens is 2. The third-order valence-corrected chi connectivity index (χ3v) is 4.16. The van der Waals surface area contributed by atoms with Crippen LogP contribution in [-0.2, 0) is 5.41 Å². The third kappa shape index (κ3) is 3.22. The van der Waals surface area contributed by atoms with Gasteiger partial charge in [0.1, 0.15) is 17.5 Å². The molecule has 0 saturated heterocycles. The Labute approximate surface area is 122 Å². The summed E-state index contributed by atoms with van der Waals surface area (Å²) in [4.78, 5) is 9.15. The van der Waals surface area contributed by atoms with Crippen molar-refractivity contribution in [2.45, 2.75) is 72.3 Å². The van der Waals surface area contributed by atoms with Gasteiger partial charge in [-0.25, -0.2) is 9.97 Å². The molecule has 20 heavy (non-hydrogen) atoms. The highest BCUT2D eigenvalue weighted by Gasteiger charge is 2.31. The lowest BCUT2D eigenvalue weighted by atomic mass is 9.92. The average molecular weight is 276 g/mol. The van der Waals surface area contributed by atoms with Crippen molar-refractivity contribution in [2.24, 2.45) is 5.41 Å². The minimum absolute atomic E-state index is 0.0901. The maximum Gasteiger partial charge on any atom is 0.138 e. The van der Waals surface area contributed by atoms with E-state index < -0.39 is 0 Å². The van der Waals surface area contributed by atoms with E-state index in [0.29, 0.717) is 17.3 Å². The Morgan fingerprint density at radius 2 is 1.90 bits per heavy atom. The Kier molecular flexibility index (Phi) is 3.69. The standard InChI is InChI=1S/C16H28N4/c1-10-12(17)19-14(15(2,3)4)20-13(10)18-11-7-8-16(5,6)9-11/h11H,7-9H2,1-6H3,(H3,17,18,19,20). The van der Waals surface area contributed by atoms with Crippen LogP contribution in [0.1, 0.15) is 65.3 Å². The molecule has 0 aliphatic heterocycles. The van der Waals surface area contributed by atoms with Gasteiger partial charge >= 0.3 is 0 Å². The molecule has 1 unspecified atom stereocenters. The van der Waals surface area contributed by atoms with Crippen molar-refractivity contribution in [3.05, 3.63) is 11.4 Å². The Bertz CT molecular complexity index is 500. The number of rotatable bonds is 2. The van der Waals surface area contributed by atoms with Crippen molar-refractivity contribution >= 4 is 11.6 Å². The summed E-state index contributed by atoms with van der Waals surface area (Å²) in [6.07, 6.45) is 3.64. The van der Waals surface area contributed by atoms with Crippen LogP contribution in [-0.4, -0.2) is 16.0 Å². The molecule has 0 aromatic carbocycles. The topological polar surface area (TPSA) is 63.8 Å². The number of hydrogen-bond donors (Lipinski definition) is 2. The first-order valence-electron chi connectivity index (χ1n) is 7.50. The predicted octanol–water partition coefficient (Wildman–Crippen LogP) is 3.66. The van der Waals surface area contributed by atoms with Crippen molar-refractivity contribution in [2.75, 3.05) is 11.1 Å². The van der Waals surface area contributed by atoms with E-state index in [-0.39, 0.29) is 5.41 Å². The van der Waals surface area contributed by atoms with Crippen LogP contribution in [0.3, 0.4) is 0 Å². The molecule has 1 aliphatic rings. The Morgan fingerprint density at radius 3 is 2.40 bits per heavy atom. The fourth-order valence-corrected chi connectivity index (χ4v) is 2.76. The maximum absolute atomic E-state index is 6.05. The smallest absolute Gasteiger partial charge is 0.138 e. The van der Waals surface area contributed by atoms with E-state index in [1.165, 1.54) is 19.3 Å². The lowest BCUT2D eigenvalue weighted by Gasteiger charge is -2.22. The van der Waals surface area contributed by atoms with Gasteiger partial charge in [0, 0.05) is 17.0 Å². The summed E-state index contributed by atoms with van der Waals surface area (Å²) in [5.74, 6) is 2.30. The van der Waals surface area contributed by atoms with E-state index in [4.69, 9.17) is 10.7 Å². The number of hydrogen-bond acceptors (Lipinski definition) is 4. The fraction of sp³-hybridized carbons (Fsp3) is 0.750. The van der Waals surface area contributed by atoms with E-state index in [9.17, 15) is 0 Å². The molecule has 0 radical (unpaired) electrons. The summed E-state index contributed by atoms with van der Waals surface area (Å²) in [6, 6.07) is 0.491. The van der Waals surface area contributed by atoms with E-state index in [2.05, 4.69) is 44.9 Å². The van der Waals surface area contributed by atoms with Gasteiger partial charge in [-0.1, -0.05) is 34.6 Å². The van der Waals surface area contributed by atoms with Gasteiger partial charge in [0.2, 0.25) is 0 Å². The van der Waals surface area contributed by atoms with Gasteiger partial charge in [0.25, 0.3) is 0 Å². The molecule has 3 N–H and O–H groups in total. The summed E-state index contributed by atoms with van der Waals surface area (Å²) < 4.78 is 0. The first kappa shape index (κ1) is 15.1. The number of nitrogens with one attached hydrogen (secondary N) is 1. The fourth-order valence-electron chi connectivity index (χ4n) is 2.76. The van der Waals surface area contributed by atoms with Crippen molar-refractivity contribution in [3.63, 3.8) is 0 Å². The zero-order valence-corrected chi connectivity index (χ0v) is 13.7. The second kappa shape index (κ2) is 4.90. The van der Waals surface area contributed by atoms with E-state index in [0.717, 1.165) is 17.2 Å². The summed E-state index contributed by atoms with van der Waals surface area (Å²) >= 11 is 0. The van der Waals surface area contributed by atoms with Gasteiger partial charge < -0.3 is 11.1 Å². The van der Waals surface area contributed by atoms with Gasteiger partial charge in [-0.15, -0.1) is 0 Å². The number of nitrogen functional groups attached to an aromatic ring is 1. The van der Waals surface area contributed by atoms with Crippen LogP contribution in [0, 0.1) is 12.3 Å². The van der Waals surface area contributed by atoms with Crippen LogP contribution in [0.25, 0.3) is 0 Å². The average Bonchev–Trinajstić information content (AvgIpc) is 2.63. The molecular formula is C16H28N4. The molecule has 1 atom stereocenters. The molecule has 1 aromatic heterocycles. The molecule has 1 saturated carbocycles. The largest absolute Gasteiger partial charge is 0.383 e. The molecule has 112 valence electrons. The second-order valence-electron chi connectivity index (χ2n) is 7.90. The number of nitrogens with zero attached hydrogens (tertiary/aromatic N) is 2. The molecule has 1 fully saturated rings. The monoisotopic (exact) mass is 276 g/mol. The Hall–Kier alpha value is -1.32. The highest BCUT2D eigenvalue weighted by Crippen LogP contribution is 2.38. The maximum atomic E-state index is 6.05. The zero-order valence-electron chi connectivity index (χ0n) is 13.7. The van der Waals surface area contributed by atoms with Crippen LogP contribution in [0.2, 0.25) is 0 Å². The van der Waals surface area contributed by atoms with Crippen molar-refractivity contribution in [1.29, 1.82) is 0 Å². The van der Waals surface area contributed by atoms with Crippen LogP contribution in [0.15, 0.2) is 0 Å². The highest BCUT2D eigenvalue weighted by molar-refractivity contribution is 5.55. The molecule has 4 nitrogen and oxygen atoms in total. The molecule has 0 amide bonds. The molecule has 2 rings (SSSR count). The summed E-state index contributed by atoms with van der Waals surface area (Å²) in [5.41, 5.74) is 7.35. The molecule has 1 heterocycles. The molecule has 0 bridgehead atoms. The van der Waals surface area contributed by atoms with Gasteiger partial charge in [0.15, 0.2) is 0 Å². The Morgan fingerprint density at radius 1 is 1.25 bits per heavy atom. The SMILES string of the molecule is Cc1c(N)nc(C(C)(C)C)nc1NC1CCC(C)(C)C1. The van der Waals surface area contributed by atoms with E-state index >= 15 is 0 Å². The number of anilines is 2. The second-order valence-corrected chi connectivity index (χ2v) is 7.90. The van der Waals surface area contributed by atoms with Crippen LogP contribution in [0.5, 0.6) is 0 Å². The van der Waals surface area contributed by atoms with E-state index in [1.807, 2.05) is 6.92 Å².